The molecule has 6 nitrogen and oxygen atoms in total. The number of nitriles is 2. The molecule has 0 saturated heterocycles. The van der Waals surface area contributed by atoms with Crippen LogP contribution in [0.1, 0.15) is 23.6 Å². The highest BCUT2D eigenvalue weighted by atomic mass is 16.5. The molecule has 0 aliphatic rings. The Morgan fingerprint density at radius 3 is 2.50 bits per heavy atom. The van der Waals surface area contributed by atoms with Gasteiger partial charge in [0.15, 0.2) is 0 Å². The van der Waals surface area contributed by atoms with Gasteiger partial charge in [0, 0.05) is 5.56 Å². The number of aryl methyl sites for hydroxylation is 1. The van der Waals surface area contributed by atoms with Gasteiger partial charge in [-0.3, -0.25) is 4.79 Å². The number of nitrogens with two attached hydrogens (primary N) is 1. The highest BCUT2D eigenvalue weighted by Crippen LogP contribution is 2.31. The minimum Gasteiger partial charge on any atom is -0.494 e. The van der Waals surface area contributed by atoms with Crippen LogP contribution in [0.3, 0.4) is 0 Å². The van der Waals surface area contributed by atoms with E-state index in [1.807, 2.05) is 26.0 Å². The van der Waals surface area contributed by atoms with Gasteiger partial charge in [-0.05, 0) is 37.1 Å². The normalized spacial score (nSPS) is 9.82. The number of anilines is 1. The van der Waals surface area contributed by atoms with Crippen LogP contribution in [0.4, 0.5) is 5.82 Å². The van der Waals surface area contributed by atoms with Gasteiger partial charge in [0.2, 0.25) is 0 Å². The predicted octanol–water partition coefficient (Wildman–Crippen LogP) is 2.07. The van der Waals surface area contributed by atoms with E-state index in [0.717, 1.165) is 5.56 Å². The summed E-state index contributed by atoms with van der Waals surface area (Å²) in [7, 11) is 0. The maximum Gasteiger partial charge on any atom is 0.268 e. The fraction of sp³-hybridized carbons (Fsp3) is 0.188. The van der Waals surface area contributed by atoms with Gasteiger partial charge in [-0.1, -0.05) is 6.07 Å². The Balaban J connectivity index is 2.78. The molecule has 0 unspecified atom stereocenters. The largest absolute Gasteiger partial charge is 0.494 e. The number of hydrogen-bond donors (Lipinski definition) is 2. The van der Waals surface area contributed by atoms with Crippen LogP contribution in [-0.4, -0.2) is 11.6 Å². The van der Waals surface area contributed by atoms with Crippen LogP contribution in [0.2, 0.25) is 0 Å². The van der Waals surface area contributed by atoms with E-state index >= 15 is 0 Å². The van der Waals surface area contributed by atoms with Gasteiger partial charge in [0.05, 0.1) is 6.61 Å². The van der Waals surface area contributed by atoms with Crippen LogP contribution in [0.5, 0.6) is 5.75 Å². The first-order chi connectivity index (χ1) is 10.5. The van der Waals surface area contributed by atoms with Crippen LogP contribution in [0.15, 0.2) is 23.0 Å². The van der Waals surface area contributed by atoms with E-state index in [2.05, 4.69) is 4.98 Å². The number of nitrogens with one attached hydrogen (secondary N) is 1. The number of hydrogen-bond acceptors (Lipinski definition) is 5. The Kier molecular flexibility index (Phi) is 4.15. The van der Waals surface area contributed by atoms with Crippen molar-refractivity contribution in [3.63, 3.8) is 0 Å². The van der Waals surface area contributed by atoms with Crippen molar-refractivity contribution in [2.75, 3.05) is 12.3 Å². The maximum atomic E-state index is 11.9. The molecule has 0 amide bonds. The molecule has 0 spiro atoms. The summed E-state index contributed by atoms with van der Waals surface area (Å²) in [5.41, 5.74) is 6.70. The molecule has 0 saturated carbocycles. The molecule has 6 heteroatoms. The number of aromatic nitrogens is 1. The Morgan fingerprint density at radius 2 is 1.95 bits per heavy atom. The van der Waals surface area contributed by atoms with Crippen molar-refractivity contribution < 1.29 is 4.74 Å². The van der Waals surface area contributed by atoms with Crippen molar-refractivity contribution in [1.82, 2.24) is 4.98 Å². The van der Waals surface area contributed by atoms with Crippen molar-refractivity contribution in [3.05, 3.63) is 45.2 Å². The van der Waals surface area contributed by atoms with Crippen LogP contribution < -0.4 is 16.0 Å². The zero-order valence-electron chi connectivity index (χ0n) is 12.2. The molecule has 110 valence electrons. The molecule has 0 radical (unpaired) electrons. The summed E-state index contributed by atoms with van der Waals surface area (Å²) < 4.78 is 5.47. The molecule has 0 fully saturated rings. The molecular formula is C16H14N4O2. The summed E-state index contributed by atoms with van der Waals surface area (Å²) >= 11 is 0. The van der Waals surface area contributed by atoms with Crippen LogP contribution in [0.25, 0.3) is 11.1 Å². The molecule has 3 N–H and O–H groups in total. The lowest BCUT2D eigenvalue weighted by atomic mass is 9.95. The van der Waals surface area contributed by atoms with Gasteiger partial charge in [0.1, 0.15) is 34.8 Å². The fourth-order valence-corrected chi connectivity index (χ4v) is 2.25. The lowest BCUT2D eigenvalue weighted by molar-refractivity contribution is 0.338. The highest BCUT2D eigenvalue weighted by molar-refractivity contribution is 5.80. The fourth-order valence-electron chi connectivity index (χ4n) is 2.25. The second kappa shape index (κ2) is 6.02. The summed E-state index contributed by atoms with van der Waals surface area (Å²) in [6.45, 7) is 4.26. The molecule has 0 atom stereocenters. The minimum absolute atomic E-state index is 0.0481. The smallest absolute Gasteiger partial charge is 0.268 e. The van der Waals surface area contributed by atoms with Gasteiger partial charge < -0.3 is 15.5 Å². The Hall–Kier alpha value is -3.25. The number of nitrogen functional groups attached to an aromatic ring is 1. The zero-order chi connectivity index (χ0) is 16.3. The van der Waals surface area contributed by atoms with E-state index in [0.29, 0.717) is 17.9 Å². The molecule has 1 heterocycles. The third-order valence-electron chi connectivity index (χ3n) is 3.23. The summed E-state index contributed by atoms with van der Waals surface area (Å²) in [6, 6.07) is 9.00. The second-order valence-electron chi connectivity index (χ2n) is 4.63. The Morgan fingerprint density at radius 1 is 1.27 bits per heavy atom. The molecule has 2 aromatic rings. The molecule has 1 aromatic heterocycles. The molecular weight excluding hydrogens is 280 g/mol. The van der Waals surface area contributed by atoms with Crippen molar-refractivity contribution in [3.8, 4) is 29.0 Å². The molecule has 1 aromatic carbocycles. The zero-order valence-corrected chi connectivity index (χ0v) is 12.2. The number of nitrogens with zero attached hydrogens (tertiary/aromatic N) is 2. The molecule has 2 rings (SSSR count). The van der Waals surface area contributed by atoms with Gasteiger partial charge in [-0.15, -0.1) is 0 Å². The average molecular weight is 294 g/mol. The topological polar surface area (TPSA) is 116 Å². The average Bonchev–Trinajstić information content (AvgIpc) is 2.49. The van der Waals surface area contributed by atoms with E-state index in [1.165, 1.54) is 0 Å². The Bertz CT molecular complexity index is 869. The first-order valence-corrected chi connectivity index (χ1v) is 6.63. The van der Waals surface area contributed by atoms with Crippen molar-refractivity contribution >= 4 is 5.82 Å². The molecule has 22 heavy (non-hydrogen) atoms. The number of benzene rings is 1. The number of aromatic amines is 1. The molecule has 0 aliphatic carbocycles. The number of ether oxygens (including phenoxy) is 1. The van der Waals surface area contributed by atoms with E-state index in [-0.39, 0.29) is 22.5 Å². The van der Waals surface area contributed by atoms with E-state index in [1.54, 1.807) is 18.2 Å². The number of rotatable bonds is 3. The van der Waals surface area contributed by atoms with Gasteiger partial charge >= 0.3 is 0 Å². The van der Waals surface area contributed by atoms with Crippen LogP contribution in [0, 0.1) is 29.6 Å². The van der Waals surface area contributed by atoms with E-state index in [9.17, 15) is 15.3 Å². The third-order valence-corrected chi connectivity index (χ3v) is 3.23. The monoisotopic (exact) mass is 294 g/mol. The van der Waals surface area contributed by atoms with Crippen LogP contribution in [-0.2, 0) is 0 Å². The Labute approximate surface area is 127 Å². The number of pyridine rings is 1. The lowest BCUT2D eigenvalue weighted by Gasteiger charge is -2.12. The maximum absolute atomic E-state index is 11.9. The second-order valence-corrected chi connectivity index (χ2v) is 4.63. The van der Waals surface area contributed by atoms with Gasteiger partial charge in [-0.2, -0.15) is 10.5 Å². The van der Waals surface area contributed by atoms with Crippen molar-refractivity contribution in [2.24, 2.45) is 0 Å². The van der Waals surface area contributed by atoms with Crippen LogP contribution >= 0.6 is 0 Å². The highest BCUT2D eigenvalue weighted by Gasteiger charge is 2.18. The first kappa shape index (κ1) is 15.1. The van der Waals surface area contributed by atoms with Crippen molar-refractivity contribution in [2.45, 2.75) is 13.8 Å². The number of H-pyrrole nitrogens is 1. The van der Waals surface area contributed by atoms with Gasteiger partial charge in [0.25, 0.3) is 5.56 Å². The summed E-state index contributed by atoms with van der Waals surface area (Å²) in [5, 5.41) is 18.5. The third kappa shape index (κ3) is 2.50. The minimum atomic E-state index is -0.611. The summed E-state index contributed by atoms with van der Waals surface area (Å²) in [5.74, 6) is 0.661. The van der Waals surface area contributed by atoms with E-state index < -0.39 is 5.56 Å². The molecule has 0 bridgehead atoms. The summed E-state index contributed by atoms with van der Waals surface area (Å²) in [6.07, 6.45) is 0. The van der Waals surface area contributed by atoms with E-state index in [4.69, 9.17) is 10.5 Å². The lowest BCUT2D eigenvalue weighted by Crippen LogP contribution is -2.16. The standard InChI is InChI=1S/C16H14N4O2/c1-3-22-13-5-4-10(6-9(13)2)14-11(7-17)15(19)20-16(21)12(14)8-18/h4-6H,3H2,1-2H3,(H3,19,20,21). The van der Waals surface area contributed by atoms with Crippen molar-refractivity contribution in [1.29, 1.82) is 10.5 Å². The SMILES string of the molecule is CCOc1ccc(-c2c(C#N)c(N)[nH]c(=O)c2C#N)cc1C. The first-order valence-electron chi connectivity index (χ1n) is 6.63. The quantitative estimate of drug-likeness (QED) is 0.899. The molecule has 0 aliphatic heterocycles. The predicted molar refractivity (Wildman–Crippen MR) is 82.2 cm³/mol. The van der Waals surface area contributed by atoms with Gasteiger partial charge in [-0.25, -0.2) is 0 Å². The summed E-state index contributed by atoms with van der Waals surface area (Å²) in [4.78, 5) is 14.2.